The number of carbonyl (C=O) groups excluding carboxylic acids is 1. The molecule has 0 spiro atoms. The number of halogens is 2. The molecule has 1 saturated heterocycles. The molecule has 0 radical (unpaired) electrons. The minimum Gasteiger partial charge on any atom is -0.494 e. The first-order valence-electron chi connectivity index (χ1n) is 9.56. The molecule has 148 valence electrons. The average Bonchev–Trinajstić information content (AvgIpc) is 3.07. The Bertz CT molecular complexity index is 867. The maximum absolute atomic E-state index is 13.4. The molecule has 0 unspecified atom stereocenters. The fourth-order valence-corrected chi connectivity index (χ4v) is 3.69. The van der Waals surface area contributed by atoms with Gasteiger partial charge in [-0.05, 0) is 42.3 Å². The Labute approximate surface area is 162 Å². The lowest BCUT2D eigenvalue weighted by molar-refractivity contribution is -0.115. The third-order valence-corrected chi connectivity index (χ3v) is 5.23. The smallest absolute Gasteiger partial charge is 0.228 e. The zero-order chi connectivity index (χ0) is 19.5. The van der Waals surface area contributed by atoms with E-state index in [0.717, 1.165) is 61.8 Å². The molecule has 1 fully saturated rings. The van der Waals surface area contributed by atoms with Crippen LogP contribution in [0, 0.1) is 11.6 Å². The third-order valence-electron chi connectivity index (χ3n) is 5.23. The quantitative estimate of drug-likeness (QED) is 0.774. The highest BCUT2D eigenvalue weighted by molar-refractivity contribution is 5.99. The molecule has 2 aliphatic heterocycles. The van der Waals surface area contributed by atoms with Crippen LogP contribution in [0.1, 0.15) is 12.0 Å². The first kappa shape index (κ1) is 18.7. The van der Waals surface area contributed by atoms with Gasteiger partial charge in [0.05, 0.1) is 13.0 Å². The number of rotatable bonds is 6. The Morgan fingerprint density at radius 2 is 1.82 bits per heavy atom. The number of nitrogens with one attached hydrogen (secondary N) is 1. The number of fused-ring (bicyclic) bond motifs is 1. The van der Waals surface area contributed by atoms with Crippen LogP contribution >= 0.6 is 0 Å². The summed E-state index contributed by atoms with van der Waals surface area (Å²) in [5.74, 6) is -0.800. The van der Waals surface area contributed by atoms with E-state index in [2.05, 4.69) is 15.1 Å². The Morgan fingerprint density at radius 3 is 2.61 bits per heavy atom. The summed E-state index contributed by atoms with van der Waals surface area (Å²) in [5.41, 5.74) is 2.58. The number of amides is 1. The van der Waals surface area contributed by atoms with Crippen LogP contribution in [0.3, 0.4) is 0 Å². The van der Waals surface area contributed by atoms with Gasteiger partial charge in [0.2, 0.25) is 5.91 Å². The topological polar surface area (TPSA) is 44.8 Å². The third kappa shape index (κ3) is 4.25. The van der Waals surface area contributed by atoms with Gasteiger partial charge in [0.15, 0.2) is 11.6 Å². The molecule has 1 N–H and O–H groups in total. The second-order valence-corrected chi connectivity index (χ2v) is 7.17. The number of benzene rings is 2. The highest BCUT2D eigenvalue weighted by Gasteiger charge is 2.19. The number of ether oxygens (including phenoxy) is 1. The van der Waals surface area contributed by atoms with E-state index in [-0.39, 0.29) is 5.91 Å². The van der Waals surface area contributed by atoms with Crippen LogP contribution in [-0.2, 0) is 11.2 Å². The van der Waals surface area contributed by atoms with E-state index in [9.17, 15) is 13.6 Å². The number of carbonyl (C=O) groups is 1. The minimum atomic E-state index is -0.811. The zero-order valence-corrected chi connectivity index (χ0v) is 15.6. The van der Waals surface area contributed by atoms with Crippen molar-refractivity contribution in [1.29, 1.82) is 0 Å². The van der Waals surface area contributed by atoms with Gasteiger partial charge in [0, 0.05) is 50.2 Å². The molecule has 0 aliphatic carbocycles. The van der Waals surface area contributed by atoms with Gasteiger partial charge in [-0.25, -0.2) is 8.78 Å². The predicted molar refractivity (Wildman–Crippen MR) is 104 cm³/mol. The second-order valence-electron chi connectivity index (χ2n) is 7.17. The van der Waals surface area contributed by atoms with E-state index >= 15 is 0 Å². The second kappa shape index (κ2) is 8.14. The van der Waals surface area contributed by atoms with Gasteiger partial charge in [-0.3, -0.25) is 9.69 Å². The van der Waals surface area contributed by atoms with Gasteiger partial charge in [-0.1, -0.05) is 0 Å². The molecule has 1 amide bonds. The molecule has 28 heavy (non-hydrogen) atoms. The van der Waals surface area contributed by atoms with Gasteiger partial charge < -0.3 is 15.0 Å². The van der Waals surface area contributed by atoms with Crippen molar-refractivity contribution < 1.29 is 18.3 Å². The van der Waals surface area contributed by atoms with Crippen molar-refractivity contribution >= 4 is 17.3 Å². The van der Waals surface area contributed by atoms with Crippen LogP contribution in [0.15, 0.2) is 36.4 Å². The summed E-state index contributed by atoms with van der Waals surface area (Å²) in [6.45, 7) is 4.88. The largest absolute Gasteiger partial charge is 0.494 e. The summed E-state index contributed by atoms with van der Waals surface area (Å²) in [7, 11) is 0. The normalized spacial score (nSPS) is 16.8. The Kier molecular flexibility index (Phi) is 5.43. The number of hydrogen-bond donors (Lipinski definition) is 1. The summed E-state index contributed by atoms with van der Waals surface area (Å²) < 4.78 is 32.3. The van der Waals surface area contributed by atoms with Crippen LogP contribution in [0.4, 0.5) is 20.2 Å². The van der Waals surface area contributed by atoms with Gasteiger partial charge in [0.1, 0.15) is 5.75 Å². The number of nitrogens with zero attached hydrogens (tertiary/aromatic N) is 2. The average molecular weight is 387 g/mol. The number of hydrogen-bond acceptors (Lipinski definition) is 4. The molecule has 7 heteroatoms. The van der Waals surface area contributed by atoms with Crippen molar-refractivity contribution in [1.82, 2.24) is 4.90 Å². The molecular weight excluding hydrogens is 364 g/mol. The number of anilines is 2. The lowest BCUT2D eigenvalue weighted by Gasteiger charge is -2.36. The van der Waals surface area contributed by atoms with Crippen LogP contribution in [-0.4, -0.2) is 50.1 Å². The molecule has 5 nitrogen and oxygen atoms in total. The summed E-state index contributed by atoms with van der Waals surface area (Å²) in [6.07, 6.45) is 1.31. The van der Waals surface area contributed by atoms with Gasteiger partial charge >= 0.3 is 0 Å². The van der Waals surface area contributed by atoms with Crippen LogP contribution in [0.5, 0.6) is 5.75 Å². The lowest BCUT2D eigenvalue weighted by Crippen LogP contribution is -2.46. The first-order chi connectivity index (χ1) is 13.6. The van der Waals surface area contributed by atoms with E-state index in [1.54, 1.807) is 6.07 Å². The first-order valence-corrected chi connectivity index (χ1v) is 9.56. The fraction of sp³-hybridized carbons (Fsp3) is 0.381. The standard InChI is InChI=1S/C21H23F2N3O2/c22-18-4-2-16(14-19(18)23)26-9-7-25(8-10-26)6-1-11-28-17-3-5-20-15(12-17)13-21(27)24-20/h2-5,12,14H,1,6-11,13H2,(H,24,27). The molecular formula is C21H23F2N3O2. The van der Waals surface area contributed by atoms with E-state index in [1.807, 2.05) is 18.2 Å². The van der Waals surface area contributed by atoms with Crippen LogP contribution < -0.4 is 15.0 Å². The van der Waals surface area contributed by atoms with Crippen molar-refractivity contribution in [3.8, 4) is 5.75 Å². The van der Waals surface area contributed by atoms with Crippen molar-refractivity contribution in [3.05, 3.63) is 53.6 Å². The molecule has 2 aliphatic rings. The summed E-state index contributed by atoms with van der Waals surface area (Å²) in [4.78, 5) is 15.8. The zero-order valence-electron chi connectivity index (χ0n) is 15.6. The van der Waals surface area contributed by atoms with Gasteiger partial charge in [0.25, 0.3) is 0 Å². The monoisotopic (exact) mass is 387 g/mol. The van der Waals surface area contributed by atoms with E-state index in [0.29, 0.717) is 13.0 Å². The SMILES string of the molecule is O=C1Cc2cc(OCCCN3CCN(c4ccc(F)c(F)c4)CC3)ccc2N1. The summed E-state index contributed by atoms with van der Waals surface area (Å²) >= 11 is 0. The maximum atomic E-state index is 13.4. The van der Waals surface area contributed by atoms with E-state index < -0.39 is 11.6 Å². The highest BCUT2D eigenvalue weighted by Crippen LogP contribution is 2.27. The molecule has 4 rings (SSSR count). The summed E-state index contributed by atoms with van der Waals surface area (Å²) in [5, 5.41) is 2.81. The number of piperazine rings is 1. The summed E-state index contributed by atoms with van der Waals surface area (Å²) in [6, 6.07) is 9.76. The van der Waals surface area contributed by atoms with E-state index in [1.165, 1.54) is 12.1 Å². The fourth-order valence-electron chi connectivity index (χ4n) is 3.69. The Balaban J connectivity index is 1.18. The van der Waals surface area contributed by atoms with Crippen LogP contribution in [0.2, 0.25) is 0 Å². The minimum absolute atomic E-state index is 0.0228. The Hall–Kier alpha value is -2.67. The molecule has 0 bridgehead atoms. The van der Waals surface area contributed by atoms with Gasteiger partial charge in [-0.2, -0.15) is 0 Å². The van der Waals surface area contributed by atoms with Crippen molar-refractivity contribution in [2.45, 2.75) is 12.8 Å². The Morgan fingerprint density at radius 1 is 1.00 bits per heavy atom. The maximum Gasteiger partial charge on any atom is 0.228 e. The van der Waals surface area contributed by atoms with Crippen molar-refractivity contribution in [2.75, 3.05) is 49.5 Å². The predicted octanol–water partition coefficient (Wildman–Crippen LogP) is 3.05. The molecule has 0 saturated carbocycles. The van der Waals surface area contributed by atoms with E-state index in [4.69, 9.17) is 4.74 Å². The van der Waals surface area contributed by atoms with Crippen molar-refractivity contribution in [2.24, 2.45) is 0 Å². The molecule has 0 atom stereocenters. The molecule has 2 aromatic rings. The highest BCUT2D eigenvalue weighted by atomic mass is 19.2. The van der Waals surface area contributed by atoms with Gasteiger partial charge in [-0.15, -0.1) is 0 Å². The van der Waals surface area contributed by atoms with Crippen LogP contribution in [0.25, 0.3) is 0 Å². The lowest BCUT2D eigenvalue weighted by atomic mass is 10.1. The molecule has 0 aromatic heterocycles. The molecule has 2 aromatic carbocycles. The molecule has 2 heterocycles. The van der Waals surface area contributed by atoms with Crippen molar-refractivity contribution in [3.63, 3.8) is 0 Å².